The van der Waals surface area contributed by atoms with Crippen molar-refractivity contribution in [3.05, 3.63) is 160 Å². The minimum absolute atomic E-state index is 0.209. The van der Waals surface area contributed by atoms with E-state index in [0.29, 0.717) is 20.7 Å². The van der Waals surface area contributed by atoms with Gasteiger partial charge < -0.3 is 18.3 Å². The first-order valence-corrected chi connectivity index (χ1v) is 25.4. The molecule has 0 aliphatic carbocycles. The fourth-order valence-corrected chi connectivity index (χ4v) is 10.1. The van der Waals surface area contributed by atoms with E-state index < -0.39 is 177 Å². The van der Waals surface area contributed by atoms with Crippen LogP contribution in [0.25, 0.3) is 0 Å². The Morgan fingerprint density at radius 2 is 0.564 bits per heavy atom. The van der Waals surface area contributed by atoms with Crippen LogP contribution in [0.5, 0.6) is 0 Å². The molecule has 78 heavy (non-hydrogen) atoms. The van der Waals surface area contributed by atoms with Crippen molar-refractivity contribution >= 4 is 39.9 Å². The number of carbonyl (C=O) groups is 2. The third kappa shape index (κ3) is 12.6. The van der Waals surface area contributed by atoms with Crippen molar-refractivity contribution in [3.63, 3.8) is 0 Å². The number of benzene rings is 4. The number of hydrogen-bond acceptors (Lipinski definition) is 6. The average molecular weight is 1250 g/mol. The molecule has 0 N–H and O–H groups in total. The van der Waals surface area contributed by atoms with Crippen LogP contribution in [-0.2, 0) is 9.47 Å². The summed E-state index contributed by atoms with van der Waals surface area (Å²) >= 11 is -0.781. The Kier molecular flexibility index (Phi) is 21.7. The Morgan fingerprint density at radius 1 is 0.346 bits per heavy atom. The lowest BCUT2D eigenvalue weighted by Crippen LogP contribution is -3.61. The van der Waals surface area contributed by atoms with Crippen LogP contribution in [0.4, 0.5) is 87.8 Å². The SMILES string of the molecule is CCCCCCCCOC(=O)c1ccc([I+]c2ccc(C(=O)OCCCCCCCC)o2)o1.Fc1c(F)c(F)c([B-](c2c(F)c(F)c(F)c(F)c2F)(c2c(F)c(F)c(F)c(F)c2F)c2c(F)c(F)c(F)c(F)c2F)c(F)c1F. The predicted octanol–water partition coefficient (Wildman–Crippen LogP) is 9.88. The first kappa shape index (κ1) is 62.6. The van der Waals surface area contributed by atoms with E-state index >= 15 is 35.1 Å². The molecule has 0 radical (unpaired) electrons. The van der Waals surface area contributed by atoms with Gasteiger partial charge in [-0.3, -0.25) is 0 Å². The molecule has 0 saturated heterocycles. The quantitative estimate of drug-likeness (QED) is 0.0128. The second kappa shape index (κ2) is 27.1. The molecule has 0 bridgehead atoms. The van der Waals surface area contributed by atoms with E-state index in [1.807, 2.05) is 0 Å². The Balaban J connectivity index is 0.000000302. The van der Waals surface area contributed by atoms with Gasteiger partial charge in [0.1, 0.15) is 52.7 Å². The molecule has 0 saturated carbocycles. The van der Waals surface area contributed by atoms with Crippen molar-refractivity contribution < 1.29 is 137 Å². The van der Waals surface area contributed by atoms with Gasteiger partial charge in [-0.05, 0) is 25.0 Å². The maximum Gasteiger partial charge on any atom is 0.443 e. The Hall–Kier alpha value is -6.23. The van der Waals surface area contributed by atoms with Gasteiger partial charge in [-0.15, -0.1) is 21.9 Å². The van der Waals surface area contributed by atoms with Crippen LogP contribution in [0.15, 0.2) is 33.1 Å². The summed E-state index contributed by atoms with van der Waals surface area (Å²) in [5.41, 5.74) is -14.3. The number of ether oxygens (including phenoxy) is 2. The van der Waals surface area contributed by atoms with Crippen molar-refractivity contribution in [2.45, 2.75) is 90.9 Å². The minimum Gasteiger partial charge on any atom is -0.460 e. The maximum atomic E-state index is 15.4. The monoisotopic (exact) mass is 1250 g/mol. The molecule has 0 spiro atoms. The van der Waals surface area contributed by atoms with Gasteiger partial charge in [0, 0.05) is 12.1 Å². The van der Waals surface area contributed by atoms with Crippen LogP contribution in [-0.4, -0.2) is 31.3 Å². The third-order valence-electron chi connectivity index (χ3n) is 11.9. The smallest absolute Gasteiger partial charge is 0.443 e. The molecular weight excluding hydrogens is 1210 g/mol. The molecule has 28 heteroatoms. The van der Waals surface area contributed by atoms with Crippen LogP contribution >= 0.6 is 0 Å². The van der Waals surface area contributed by atoms with Crippen LogP contribution < -0.4 is 43.1 Å². The molecule has 0 amide bonds. The zero-order valence-electron chi connectivity index (χ0n) is 40.2. The summed E-state index contributed by atoms with van der Waals surface area (Å²) in [5, 5.41) is 0. The lowest BCUT2D eigenvalue weighted by Gasteiger charge is -2.44. The summed E-state index contributed by atoms with van der Waals surface area (Å²) in [5.74, 6) is -71.9. The molecule has 4 aromatic carbocycles. The molecule has 0 aliphatic heterocycles. The summed E-state index contributed by atoms with van der Waals surface area (Å²) in [6.07, 6.45) is 6.48. The van der Waals surface area contributed by atoms with Crippen molar-refractivity contribution in [3.8, 4) is 0 Å². The number of furan rings is 2. The zero-order chi connectivity index (χ0) is 58.1. The van der Waals surface area contributed by atoms with Gasteiger partial charge in [0.05, 0.1) is 13.2 Å². The normalized spacial score (nSPS) is 11.6. The van der Waals surface area contributed by atoms with E-state index in [1.165, 1.54) is 51.4 Å². The van der Waals surface area contributed by atoms with Crippen LogP contribution in [0, 0.1) is 124 Å². The summed E-state index contributed by atoms with van der Waals surface area (Å²) in [6.45, 7) is 5.22. The Bertz CT molecular complexity index is 2720. The molecule has 6 nitrogen and oxygen atoms in total. The van der Waals surface area contributed by atoms with Crippen molar-refractivity contribution in [1.29, 1.82) is 0 Å². The summed E-state index contributed by atoms with van der Waals surface area (Å²) in [4.78, 5) is 24.3. The minimum atomic E-state index is -7.22. The van der Waals surface area contributed by atoms with Crippen LogP contribution in [0.2, 0.25) is 0 Å². The van der Waals surface area contributed by atoms with E-state index in [1.54, 1.807) is 24.3 Å². The van der Waals surface area contributed by atoms with Gasteiger partial charge in [-0.1, -0.05) is 78.1 Å². The number of rotatable bonds is 22. The molecule has 0 aliphatic rings. The fourth-order valence-electron chi connectivity index (χ4n) is 8.15. The van der Waals surface area contributed by atoms with Gasteiger partial charge >= 0.3 is 40.7 Å². The molecule has 0 unspecified atom stereocenters. The second-order valence-electron chi connectivity index (χ2n) is 16.9. The second-order valence-corrected chi connectivity index (χ2v) is 19.6. The predicted molar refractivity (Wildman–Crippen MR) is 231 cm³/mol. The van der Waals surface area contributed by atoms with Gasteiger partial charge in [-0.2, -0.15) is 0 Å². The first-order chi connectivity index (χ1) is 36.8. The summed E-state index contributed by atoms with van der Waals surface area (Å²) in [7, 11) is 0. The van der Waals surface area contributed by atoms with Crippen LogP contribution in [0.1, 0.15) is 112 Å². The van der Waals surface area contributed by atoms with Crippen molar-refractivity contribution in [2.24, 2.45) is 0 Å². The molecule has 424 valence electrons. The molecule has 0 atom stereocenters. The number of carbonyl (C=O) groups excluding carboxylic acids is 2. The lowest BCUT2D eigenvalue weighted by atomic mass is 9.12. The highest BCUT2D eigenvalue weighted by molar-refractivity contribution is 7.20. The number of unbranched alkanes of at least 4 members (excludes halogenated alkanes) is 10. The lowest BCUT2D eigenvalue weighted by molar-refractivity contribution is -0.636. The van der Waals surface area contributed by atoms with Crippen LogP contribution in [0.3, 0.4) is 0 Å². The average Bonchev–Trinajstić information content (AvgIpc) is 3.90. The highest BCUT2D eigenvalue weighted by atomic mass is 127. The topological polar surface area (TPSA) is 78.9 Å². The molecule has 6 aromatic rings. The van der Waals surface area contributed by atoms with Gasteiger partial charge in [-0.25, -0.2) is 97.4 Å². The molecular formula is C50H38BF20IO6. The first-order valence-electron chi connectivity index (χ1n) is 23.3. The van der Waals surface area contributed by atoms with E-state index in [-0.39, 0.29) is 11.5 Å². The molecule has 0 fully saturated rings. The highest BCUT2D eigenvalue weighted by Gasteiger charge is 2.52. The third-order valence-corrected chi connectivity index (χ3v) is 14.1. The molecule has 2 heterocycles. The fraction of sp³-hybridized carbons (Fsp3) is 0.320. The van der Waals surface area contributed by atoms with Gasteiger partial charge in [0.15, 0.2) is 69.8 Å². The number of hydrogen-bond donors (Lipinski definition) is 0. The largest absolute Gasteiger partial charge is 0.460 e. The van der Waals surface area contributed by atoms with Gasteiger partial charge in [0.25, 0.3) is 0 Å². The van der Waals surface area contributed by atoms with Crippen molar-refractivity contribution in [2.75, 3.05) is 13.2 Å². The van der Waals surface area contributed by atoms with E-state index in [0.717, 1.165) is 25.7 Å². The highest BCUT2D eigenvalue weighted by Crippen LogP contribution is 2.31. The summed E-state index contributed by atoms with van der Waals surface area (Å²) in [6, 6.07) is 6.82. The van der Waals surface area contributed by atoms with Crippen molar-refractivity contribution in [1.82, 2.24) is 0 Å². The Labute approximate surface area is 439 Å². The molecule has 2 aromatic heterocycles. The van der Waals surface area contributed by atoms with Gasteiger partial charge in [0.2, 0.25) is 11.5 Å². The standard InChI is InChI=1S/C26H38IO6.C24BF20/c1-3-5-7-9-11-13-19-30-25(28)21-15-17-23(32-21)27-24-18-16-22(33-24)26(29)31-20-14-12-10-8-6-4-2;26-5-1(6(27)14(35)21(42)13(5)34)25(2-7(28)15(36)22(43)16(37)8(2)29,3-9(30)17(38)23(44)18(39)10(3)31)4-11(32)19(40)24(45)20(41)12(4)33/h15-18H,3-14,19-20H2,1-2H3;/q+1;-1. The molecule has 6 rings (SSSR count). The van der Waals surface area contributed by atoms with E-state index in [4.69, 9.17) is 18.3 Å². The maximum absolute atomic E-state index is 15.4. The number of halogens is 21. The van der Waals surface area contributed by atoms with E-state index in [2.05, 4.69) is 13.8 Å². The zero-order valence-corrected chi connectivity index (χ0v) is 42.3. The Morgan fingerprint density at radius 3 is 0.808 bits per heavy atom. The summed E-state index contributed by atoms with van der Waals surface area (Å²) < 4.78 is 317. The number of esters is 2. The van der Waals surface area contributed by atoms with E-state index in [9.17, 15) is 62.3 Å².